The number of oxazole rings is 1. The Balaban J connectivity index is 1.43. The maximum atomic E-state index is 13.3. The van der Waals surface area contributed by atoms with Gasteiger partial charge in [0, 0.05) is 25.6 Å². The number of rotatable bonds is 12. The van der Waals surface area contributed by atoms with Gasteiger partial charge in [-0.25, -0.2) is 4.98 Å². The van der Waals surface area contributed by atoms with Crippen LogP contribution in [0.1, 0.15) is 17.0 Å². The van der Waals surface area contributed by atoms with Crippen molar-refractivity contribution >= 4 is 21.9 Å². The number of para-hydroxylation sites is 1. The molecule has 10 heteroatoms. The topological polar surface area (TPSA) is 113 Å². The highest BCUT2D eigenvalue weighted by atomic mass is 32.2. The summed E-state index contributed by atoms with van der Waals surface area (Å²) in [6, 6.07) is 25.1. The van der Waals surface area contributed by atoms with Crippen molar-refractivity contribution in [2.75, 3.05) is 24.5 Å². The summed E-state index contributed by atoms with van der Waals surface area (Å²) in [5.41, 5.74) is 2.72. The van der Waals surface area contributed by atoms with Gasteiger partial charge in [-0.2, -0.15) is 12.7 Å². The third-order valence-corrected chi connectivity index (χ3v) is 7.70. The lowest BCUT2D eigenvalue weighted by atomic mass is 10.2. The minimum atomic E-state index is -4.11. The number of aliphatic carboxylic acids is 1. The van der Waals surface area contributed by atoms with E-state index in [4.69, 9.17) is 9.15 Å². The second-order valence-electron chi connectivity index (χ2n) is 8.61. The fraction of sp³-hybridized carbons (Fsp3) is 0.214. The van der Waals surface area contributed by atoms with E-state index in [0.29, 0.717) is 35.9 Å². The summed E-state index contributed by atoms with van der Waals surface area (Å²) < 4.78 is 40.2. The zero-order valence-electron chi connectivity index (χ0n) is 21.1. The molecule has 0 saturated carbocycles. The number of hydrogen-bond donors (Lipinski definition) is 1. The number of benzene rings is 3. The molecule has 4 rings (SSSR count). The number of anilines is 1. The lowest BCUT2D eigenvalue weighted by Crippen LogP contribution is -2.44. The summed E-state index contributed by atoms with van der Waals surface area (Å²) in [5.74, 6) is 0.565. The average Bonchev–Trinajstić information content (AvgIpc) is 3.29. The van der Waals surface area contributed by atoms with Gasteiger partial charge in [0.25, 0.3) is 0 Å². The first-order chi connectivity index (χ1) is 18.2. The van der Waals surface area contributed by atoms with E-state index in [-0.39, 0.29) is 6.54 Å². The van der Waals surface area contributed by atoms with E-state index in [9.17, 15) is 18.3 Å². The molecule has 0 unspecified atom stereocenters. The van der Waals surface area contributed by atoms with Crippen LogP contribution in [0.2, 0.25) is 0 Å². The Morgan fingerprint density at radius 2 is 1.68 bits per heavy atom. The van der Waals surface area contributed by atoms with Crippen molar-refractivity contribution in [3.05, 3.63) is 102 Å². The normalized spacial score (nSPS) is 11.4. The molecule has 0 bridgehead atoms. The predicted molar refractivity (Wildman–Crippen MR) is 144 cm³/mol. The fourth-order valence-electron chi connectivity index (χ4n) is 3.88. The number of nitrogens with zero attached hydrogens (tertiary/aromatic N) is 3. The van der Waals surface area contributed by atoms with E-state index >= 15 is 0 Å². The molecule has 4 aromatic rings. The van der Waals surface area contributed by atoms with Gasteiger partial charge in [-0.3, -0.25) is 9.10 Å². The number of carboxylic acid groups (broad SMARTS) is 1. The molecule has 0 amide bonds. The molecular weight excluding hydrogens is 506 g/mol. The fourth-order valence-corrected chi connectivity index (χ4v) is 5.20. The highest BCUT2D eigenvalue weighted by Gasteiger charge is 2.29. The lowest BCUT2D eigenvalue weighted by Gasteiger charge is -2.27. The highest BCUT2D eigenvalue weighted by Crippen LogP contribution is 2.23. The monoisotopic (exact) mass is 535 g/mol. The molecule has 0 radical (unpaired) electrons. The number of aryl methyl sites for hydroxylation is 1. The number of carbonyl (C=O) groups is 1. The van der Waals surface area contributed by atoms with Gasteiger partial charge in [-0.05, 0) is 48.9 Å². The molecule has 3 aromatic carbocycles. The maximum absolute atomic E-state index is 13.3. The molecule has 0 fully saturated rings. The Labute approximate surface area is 222 Å². The molecule has 0 saturated heterocycles. The van der Waals surface area contributed by atoms with Crippen LogP contribution in [0.15, 0.2) is 89.3 Å². The van der Waals surface area contributed by atoms with Crippen molar-refractivity contribution in [2.45, 2.75) is 19.9 Å². The molecule has 0 aliphatic heterocycles. The van der Waals surface area contributed by atoms with Gasteiger partial charge in [0.1, 0.15) is 18.1 Å². The number of hydrogen-bond acceptors (Lipinski definition) is 6. The molecule has 198 valence electrons. The first-order valence-corrected chi connectivity index (χ1v) is 13.4. The van der Waals surface area contributed by atoms with Crippen LogP contribution in [0.5, 0.6) is 5.75 Å². The van der Waals surface area contributed by atoms with Gasteiger partial charge in [-0.1, -0.05) is 48.5 Å². The molecule has 0 aliphatic carbocycles. The van der Waals surface area contributed by atoms with Crippen molar-refractivity contribution in [2.24, 2.45) is 0 Å². The highest BCUT2D eigenvalue weighted by molar-refractivity contribution is 7.90. The van der Waals surface area contributed by atoms with Gasteiger partial charge in [0.15, 0.2) is 0 Å². The molecule has 1 N–H and O–H groups in total. The zero-order chi connectivity index (χ0) is 27.1. The van der Waals surface area contributed by atoms with Crippen LogP contribution in [0.25, 0.3) is 11.5 Å². The molecular formula is C28H29N3O6S. The van der Waals surface area contributed by atoms with Crippen LogP contribution >= 0.6 is 0 Å². The van der Waals surface area contributed by atoms with Crippen LogP contribution in [0.4, 0.5) is 5.69 Å². The quantitative estimate of drug-likeness (QED) is 0.283. The van der Waals surface area contributed by atoms with Crippen molar-refractivity contribution in [1.29, 1.82) is 0 Å². The average molecular weight is 536 g/mol. The first-order valence-electron chi connectivity index (χ1n) is 12.0. The van der Waals surface area contributed by atoms with Gasteiger partial charge in [0.05, 0.1) is 18.0 Å². The van der Waals surface area contributed by atoms with Gasteiger partial charge >= 0.3 is 16.2 Å². The molecule has 0 atom stereocenters. The Kier molecular flexibility index (Phi) is 8.45. The van der Waals surface area contributed by atoms with E-state index < -0.39 is 22.7 Å². The third kappa shape index (κ3) is 6.58. The maximum Gasteiger partial charge on any atom is 0.318 e. The Hall–Kier alpha value is -4.15. The van der Waals surface area contributed by atoms with E-state index in [2.05, 4.69) is 4.98 Å². The molecule has 1 aromatic heterocycles. The second-order valence-corrected chi connectivity index (χ2v) is 10.6. The van der Waals surface area contributed by atoms with Crippen molar-refractivity contribution < 1.29 is 27.5 Å². The summed E-state index contributed by atoms with van der Waals surface area (Å²) in [6.45, 7) is 1.38. The molecule has 9 nitrogen and oxygen atoms in total. The van der Waals surface area contributed by atoms with Gasteiger partial charge in [-0.15, -0.1) is 0 Å². The molecule has 38 heavy (non-hydrogen) atoms. The van der Waals surface area contributed by atoms with Gasteiger partial charge in [0.2, 0.25) is 5.89 Å². The number of ether oxygens (including phenoxy) is 1. The van der Waals surface area contributed by atoms with Crippen LogP contribution in [0.3, 0.4) is 0 Å². The van der Waals surface area contributed by atoms with E-state index in [1.54, 1.807) is 54.6 Å². The zero-order valence-corrected chi connectivity index (χ0v) is 22.0. The Morgan fingerprint density at radius 1 is 1.00 bits per heavy atom. The molecule has 0 aliphatic rings. The predicted octanol–water partition coefficient (Wildman–Crippen LogP) is 4.54. The third-order valence-electron chi connectivity index (χ3n) is 5.88. The number of carboxylic acids is 1. The summed E-state index contributed by atoms with van der Waals surface area (Å²) >= 11 is 0. The van der Waals surface area contributed by atoms with Crippen LogP contribution in [-0.4, -0.2) is 49.0 Å². The minimum absolute atomic E-state index is 0.133. The van der Waals surface area contributed by atoms with Crippen LogP contribution in [0, 0.1) is 6.92 Å². The molecule has 1 heterocycles. The van der Waals surface area contributed by atoms with Crippen molar-refractivity contribution in [3.63, 3.8) is 0 Å². The molecule has 0 spiro atoms. The Bertz CT molecular complexity index is 1470. The largest absolute Gasteiger partial charge is 0.493 e. The van der Waals surface area contributed by atoms with E-state index in [0.717, 1.165) is 25.6 Å². The van der Waals surface area contributed by atoms with Crippen molar-refractivity contribution in [1.82, 2.24) is 9.29 Å². The summed E-state index contributed by atoms with van der Waals surface area (Å²) in [5, 5.41) is 9.39. The van der Waals surface area contributed by atoms with Crippen LogP contribution < -0.4 is 9.04 Å². The SMILES string of the molecule is Cc1oc(-c2ccccc2)nc1CCOc1cccc(CN(CC(=O)O)S(=O)(=O)N(C)c2ccccc2)c1. The Morgan fingerprint density at radius 3 is 2.37 bits per heavy atom. The lowest BCUT2D eigenvalue weighted by molar-refractivity contribution is -0.137. The minimum Gasteiger partial charge on any atom is -0.493 e. The van der Waals surface area contributed by atoms with Gasteiger partial charge < -0.3 is 14.3 Å². The first kappa shape index (κ1) is 26.9. The van der Waals surface area contributed by atoms with Crippen LogP contribution in [-0.2, 0) is 28.0 Å². The summed E-state index contributed by atoms with van der Waals surface area (Å²) in [7, 11) is -2.72. The summed E-state index contributed by atoms with van der Waals surface area (Å²) in [6.07, 6.45) is 0.522. The smallest absolute Gasteiger partial charge is 0.318 e. The summed E-state index contributed by atoms with van der Waals surface area (Å²) in [4.78, 5) is 16.1. The standard InChI is InChI=1S/C28H29N3O6S/c1-21-26(29-28(37-21)23-11-5-3-6-12-23)16-17-36-25-15-9-10-22(18-25)19-31(20-27(32)33)38(34,35)30(2)24-13-7-4-8-14-24/h3-15,18H,16-17,19-20H2,1-2H3,(H,32,33). The number of aromatic nitrogens is 1. The van der Waals surface area contributed by atoms with Crippen molar-refractivity contribution in [3.8, 4) is 17.2 Å². The van der Waals surface area contributed by atoms with E-state index in [1.807, 2.05) is 37.3 Å². The van der Waals surface area contributed by atoms with E-state index in [1.165, 1.54) is 7.05 Å². The second kappa shape index (κ2) is 11.9.